The molecule has 0 unspecified atom stereocenters. The highest BCUT2D eigenvalue weighted by molar-refractivity contribution is 7.07. The van der Waals surface area contributed by atoms with Gasteiger partial charge in [-0.05, 0) is 30.3 Å². The predicted molar refractivity (Wildman–Crippen MR) is 108 cm³/mol. The summed E-state index contributed by atoms with van der Waals surface area (Å²) >= 11 is 7.29. The summed E-state index contributed by atoms with van der Waals surface area (Å²) in [5.41, 5.74) is 0.425. The van der Waals surface area contributed by atoms with Crippen molar-refractivity contribution < 1.29 is 18.7 Å². The van der Waals surface area contributed by atoms with Gasteiger partial charge in [0.15, 0.2) is 10.6 Å². The minimum Gasteiger partial charge on any atom is -0.454 e. The maximum Gasteiger partial charge on any atom is 0.289 e. The van der Waals surface area contributed by atoms with Crippen LogP contribution in [0.1, 0.15) is 26.7 Å². The number of carbonyl (C=O) groups is 2. The van der Waals surface area contributed by atoms with E-state index in [1.807, 2.05) is 11.6 Å². The molecule has 0 aliphatic carbocycles. The van der Waals surface area contributed by atoms with E-state index in [1.165, 1.54) is 11.3 Å². The van der Waals surface area contributed by atoms with Gasteiger partial charge in [-0.15, -0.1) is 11.3 Å². The second kappa shape index (κ2) is 8.77. The molecule has 0 saturated carbocycles. The zero-order valence-electron chi connectivity index (χ0n) is 15.4. The Labute approximate surface area is 175 Å². The van der Waals surface area contributed by atoms with E-state index in [2.05, 4.69) is 4.99 Å². The molecular weight excluding hydrogens is 414 g/mol. The third-order valence-electron chi connectivity index (χ3n) is 4.43. The summed E-state index contributed by atoms with van der Waals surface area (Å²) in [5.74, 6) is 0.394. The number of amides is 2. The van der Waals surface area contributed by atoms with Gasteiger partial charge in [0.2, 0.25) is 0 Å². The number of carbonyl (C=O) groups excluding carboxylic acids is 2. The van der Waals surface area contributed by atoms with Crippen molar-refractivity contribution in [1.82, 2.24) is 9.47 Å². The van der Waals surface area contributed by atoms with E-state index in [-0.39, 0.29) is 11.8 Å². The number of ether oxygens (including phenoxy) is 1. The van der Waals surface area contributed by atoms with Crippen LogP contribution in [0.3, 0.4) is 0 Å². The first kappa shape index (κ1) is 19.6. The van der Waals surface area contributed by atoms with E-state index in [9.17, 15) is 9.59 Å². The lowest BCUT2D eigenvalue weighted by atomic mass is 10.2. The van der Waals surface area contributed by atoms with Crippen molar-refractivity contribution >= 4 is 34.8 Å². The van der Waals surface area contributed by atoms with Crippen molar-refractivity contribution in [1.29, 1.82) is 0 Å². The molecule has 7 nitrogen and oxygen atoms in total. The Hall–Kier alpha value is -2.68. The highest BCUT2D eigenvalue weighted by Gasteiger charge is 2.21. The van der Waals surface area contributed by atoms with E-state index in [1.54, 1.807) is 45.9 Å². The zero-order valence-corrected chi connectivity index (χ0v) is 17.0. The van der Waals surface area contributed by atoms with Crippen molar-refractivity contribution in [2.24, 2.45) is 4.99 Å². The molecule has 0 radical (unpaired) electrons. The predicted octanol–water partition coefficient (Wildman–Crippen LogP) is 3.06. The molecule has 2 amide bonds. The van der Waals surface area contributed by atoms with E-state index in [0.717, 1.165) is 0 Å². The molecule has 9 heteroatoms. The smallest absolute Gasteiger partial charge is 0.289 e. The fourth-order valence-electron chi connectivity index (χ4n) is 2.95. The lowest BCUT2D eigenvalue weighted by molar-refractivity contribution is 0.0281. The first-order valence-electron chi connectivity index (χ1n) is 9.04. The molecule has 1 saturated heterocycles. The summed E-state index contributed by atoms with van der Waals surface area (Å²) in [7, 11) is 0. The van der Waals surface area contributed by atoms with Crippen LogP contribution in [0.25, 0.3) is 0 Å². The summed E-state index contributed by atoms with van der Waals surface area (Å²) in [6, 6.07) is 10.1. The topological polar surface area (TPSA) is 77.0 Å². The Morgan fingerprint density at radius 1 is 1.17 bits per heavy atom. The lowest BCUT2D eigenvalue weighted by Crippen LogP contribution is -2.40. The van der Waals surface area contributed by atoms with Crippen LogP contribution < -0.4 is 4.80 Å². The number of morpholine rings is 1. The Bertz CT molecular complexity index is 1090. The standard InChI is InChI=1S/C20H18ClN3O4S/c21-15-3-1-2-14(12-15)18(25)22-20-24(8-11-29-20)13-16-4-5-17(28-16)19(26)23-6-9-27-10-7-23/h1-5,8,11-12H,6-7,9-10,13H2. The molecule has 29 heavy (non-hydrogen) atoms. The fraction of sp³-hybridized carbons (Fsp3) is 0.250. The molecule has 0 spiro atoms. The number of hydrogen-bond acceptors (Lipinski definition) is 5. The van der Waals surface area contributed by atoms with Crippen molar-refractivity contribution in [3.63, 3.8) is 0 Å². The van der Waals surface area contributed by atoms with E-state index < -0.39 is 0 Å². The van der Waals surface area contributed by atoms with Gasteiger partial charge in [-0.3, -0.25) is 9.59 Å². The minimum atomic E-state index is -0.369. The van der Waals surface area contributed by atoms with Crippen molar-refractivity contribution in [2.75, 3.05) is 26.3 Å². The number of furan rings is 1. The molecule has 1 fully saturated rings. The molecule has 2 aromatic heterocycles. The van der Waals surface area contributed by atoms with Gasteiger partial charge in [0.25, 0.3) is 11.8 Å². The Kier molecular flexibility index (Phi) is 5.94. The second-order valence-electron chi connectivity index (χ2n) is 6.41. The van der Waals surface area contributed by atoms with Crippen molar-refractivity contribution in [3.05, 3.63) is 74.9 Å². The first-order valence-corrected chi connectivity index (χ1v) is 10.3. The number of hydrogen-bond donors (Lipinski definition) is 0. The SMILES string of the molecule is O=C(N=c1sccn1Cc1ccc(C(=O)N2CCOCC2)o1)c1cccc(Cl)c1. The van der Waals surface area contributed by atoms with Crippen molar-refractivity contribution in [2.45, 2.75) is 6.54 Å². The third-order valence-corrected chi connectivity index (χ3v) is 5.46. The lowest BCUT2D eigenvalue weighted by Gasteiger charge is -2.25. The average Bonchev–Trinajstić information content (AvgIpc) is 3.38. The van der Waals surface area contributed by atoms with Gasteiger partial charge in [0.1, 0.15) is 5.76 Å². The van der Waals surface area contributed by atoms with Crippen LogP contribution in [0.15, 0.2) is 57.4 Å². The molecule has 0 bridgehead atoms. The number of rotatable bonds is 4. The van der Waals surface area contributed by atoms with Crippen LogP contribution in [0, 0.1) is 0 Å². The Morgan fingerprint density at radius 2 is 2.00 bits per heavy atom. The van der Waals surface area contributed by atoms with E-state index in [4.69, 9.17) is 20.8 Å². The minimum absolute atomic E-state index is 0.143. The Balaban J connectivity index is 1.50. The van der Waals surface area contributed by atoms with Crippen LogP contribution in [-0.2, 0) is 11.3 Å². The molecule has 4 rings (SSSR count). The number of halogens is 1. The maximum absolute atomic E-state index is 12.5. The maximum atomic E-state index is 12.5. The molecule has 1 aromatic carbocycles. The second-order valence-corrected chi connectivity index (χ2v) is 7.72. The molecule has 1 aliphatic rings. The number of thiazole rings is 1. The molecule has 0 atom stereocenters. The molecule has 3 heterocycles. The van der Waals surface area contributed by atoms with Gasteiger partial charge in [-0.1, -0.05) is 17.7 Å². The molecule has 1 aliphatic heterocycles. The number of benzene rings is 1. The zero-order chi connectivity index (χ0) is 20.2. The highest BCUT2D eigenvalue weighted by atomic mass is 35.5. The number of aromatic nitrogens is 1. The third kappa shape index (κ3) is 4.67. The first-order chi connectivity index (χ1) is 14.1. The Morgan fingerprint density at radius 3 is 2.79 bits per heavy atom. The van der Waals surface area contributed by atoms with Gasteiger partial charge < -0.3 is 18.6 Å². The van der Waals surface area contributed by atoms with Crippen LogP contribution in [0.5, 0.6) is 0 Å². The van der Waals surface area contributed by atoms with Gasteiger partial charge in [0, 0.05) is 35.3 Å². The summed E-state index contributed by atoms with van der Waals surface area (Å²) in [6.07, 6.45) is 1.82. The van der Waals surface area contributed by atoms with E-state index >= 15 is 0 Å². The van der Waals surface area contributed by atoms with Gasteiger partial charge in [0.05, 0.1) is 19.8 Å². The summed E-state index contributed by atoms with van der Waals surface area (Å²) in [5, 5.41) is 2.32. The highest BCUT2D eigenvalue weighted by Crippen LogP contribution is 2.14. The molecule has 150 valence electrons. The van der Waals surface area contributed by atoms with Gasteiger partial charge in [-0.25, -0.2) is 0 Å². The van der Waals surface area contributed by atoms with Crippen LogP contribution in [0.4, 0.5) is 0 Å². The van der Waals surface area contributed by atoms with Crippen molar-refractivity contribution in [3.8, 4) is 0 Å². The largest absolute Gasteiger partial charge is 0.454 e. The monoisotopic (exact) mass is 431 g/mol. The summed E-state index contributed by atoms with van der Waals surface area (Å²) in [4.78, 5) is 31.4. The van der Waals surface area contributed by atoms with Gasteiger partial charge >= 0.3 is 0 Å². The van der Waals surface area contributed by atoms with Crippen LogP contribution >= 0.6 is 22.9 Å². The normalized spacial score (nSPS) is 14.9. The summed E-state index contributed by atoms with van der Waals surface area (Å²) in [6.45, 7) is 2.55. The summed E-state index contributed by atoms with van der Waals surface area (Å²) < 4.78 is 12.8. The quantitative estimate of drug-likeness (QED) is 0.636. The van der Waals surface area contributed by atoms with Crippen LogP contribution in [0.2, 0.25) is 5.02 Å². The number of nitrogens with zero attached hydrogens (tertiary/aromatic N) is 3. The molecular formula is C20H18ClN3O4S. The van der Waals surface area contributed by atoms with Gasteiger partial charge in [-0.2, -0.15) is 4.99 Å². The van der Waals surface area contributed by atoms with Crippen LogP contribution in [-0.4, -0.2) is 47.6 Å². The fourth-order valence-corrected chi connectivity index (χ4v) is 3.86. The molecule has 3 aromatic rings. The average molecular weight is 432 g/mol. The van der Waals surface area contributed by atoms with E-state index in [0.29, 0.717) is 59.8 Å². The molecule has 0 N–H and O–H groups in total.